The molecule has 1 N–H and O–H groups in total. The Morgan fingerprint density at radius 3 is 1.52 bits per heavy atom. The molecular formula is C20H22BOP. The standard InChI is InChI=1S/C20H22BOP/c21-23(18-12-6-2-7-13-18,19-14-8-3-9-15-19)16-20(22)17-10-4-1-5-11-17/h1-15,20,22H,16H2,21H3/t20-/m1/s1. The lowest BCUT2D eigenvalue weighted by Crippen LogP contribution is -2.27. The fourth-order valence-corrected chi connectivity index (χ4v) is 4.87. The highest BCUT2D eigenvalue weighted by atomic mass is 31.2. The zero-order valence-electron chi connectivity index (χ0n) is 12.3. The molecule has 0 aliphatic heterocycles. The van der Waals surface area contributed by atoms with Crippen LogP contribution in [0, 0.1) is 0 Å². The smallest absolute Gasteiger partial charge is 0.138 e. The summed E-state index contributed by atoms with van der Waals surface area (Å²) in [6, 6.07) is 31.8. The molecule has 0 fully saturated rings. The van der Waals surface area contributed by atoms with Gasteiger partial charge < -0.3 is 5.11 Å². The van der Waals surface area contributed by atoms with E-state index in [9.17, 15) is 5.11 Å². The normalized spacial score (nSPS) is 12.8. The zero-order valence-corrected chi connectivity index (χ0v) is 13.2. The van der Waals surface area contributed by atoms with Gasteiger partial charge >= 0.3 is 0 Å². The minimum absolute atomic E-state index is 0.0199. The van der Waals surface area contributed by atoms with Crippen LogP contribution in [0.25, 0.3) is 0 Å². The van der Waals surface area contributed by atoms with E-state index in [4.69, 9.17) is 0 Å². The van der Waals surface area contributed by atoms with Crippen molar-refractivity contribution in [2.24, 2.45) is 0 Å². The quantitative estimate of drug-likeness (QED) is 0.566. The van der Waals surface area contributed by atoms with Crippen molar-refractivity contribution in [3.05, 3.63) is 96.6 Å². The van der Waals surface area contributed by atoms with Crippen LogP contribution in [0.2, 0.25) is 0 Å². The number of benzene rings is 3. The first-order valence-electron chi connectivity index (χ1n) is 7.45. The molecule has 0 unspecified atom stereocenters. The summed E-state index contributed by atoms with van der Waals surface area (Å²) in [7, 11) is -1.38. The molecule has 0 aromatic heterocycles. The van der Waals surface area contributed by atoms with Crippen molar-refractivity contribution in [2.75, 3.05) is 6.16 Å². The molecule has 3 aromatic carbocycles. The molecule has 0 saturated heterocycles. The molecule has 0 spiro atoms. The van der Waals surface area contributed by atoms with Crippen LogP contribution in [-0.2, 0) is 0 Å². The van der Waals surface area contributed by atoms with Gasteiger partial charge in [0.25, 0.3) is 0 Å². The maximum atomic E-state index is 10.8. The highest BCUT2D eigenvalue weighted by Gasteiger charge is 2.33. The molecule has 116 valence electrons. The largest absolute Gasteiger partial charge is 0.385 e. The fraction of sp³-hybridized carbons (Fsp3) is 0.100. The lowest BCUT2D eigenvalue weighted by atomic mass is 10.1. The van der Waals surface area contributed by atoms with E-state index in [0.717, 1.165) is 11.7 Å². The van der Waals surface area contributed by atoms with Crippen LogP contribution >= 0.6 is 7.14 Å². The van der Waals surface area contributed by atoms with E-state index in [-0.39, 0.29) is 13.7 Å². The Balaban J connectivity index is 2.00. The van der Waals surface area contributed by atoms with Crippen LogP contribution in [0.15, 0.2) is 91.0 Å². The Kier molecular flexibility index (Phi) is 4.95. The summed E-state index contributed by atoms with van der Waals surface area (Å²) in [5, 5.41) is 13.7. The van der Waals surface area contributed by atoms with Crippen molar-refractivity contribution >= 4 is 25.3 Å². The van der Waals surface area contributed by atoms with Crippen molar-refractivity contribution in [3.8, 4) is 0 Å². The SMILES string of the molecule is [BH3-][P+](C[C@@H](O)c1ccccc1)(c1ccccc1)c1ccccc1. The van der Waals surface area contributed by atoms with Gasteiger partial charge in [0.15, 0.2) is 0 Å². The number of rotatable bonds is 5. The molecule has 3 heteroatoms. The summed E-state index contributed by atoms with van der Waals surface area (Å²) in [4.78, 5) is 0. The van der Waals surface area contributed by atoms with Crippen LogP contribution in [0.4, 0.5) is 0 Å². The zero-order chi connectivity index (χ0) is 16.1. The Morgan fingerprint density at radius 2 is 1.09 bits per heavy atom. The van der Waals surface area contributed by atoms with Crippen molar-refractivity contribution in [1.29, 1.82) is 0 Å². The van der Waals surface area contributed by atoms with Crippen LogP contribution in [0.1, 0.15) is 11.7 Å². The first-order chi connectivity index (χ1) is 11.2. The van der Waals surface area contributed by atoms with E-state index < -0.39 is 7.14 Å². The maximum Gasteiger partial charge on any atom is 0.138 e. The van der Waals surface area contributed by atoms with E-state index >= 15 is 0 Å². The molecule has 3 rings (SSSR count). The second kappa shape index (κ2) is 7.13. The number of hydrogen-bond donors (Lipinski definition) is 1. The molecule has 0 aliphatic rings. The Hall–Kier alpha value is -1.89. The Bertz CT molecular complexity index is 692. The lowest BCUT2D eigenvalue weighted by Gasteiger charge is -2.32. The molecule has 0 bridgehead atoms. The average molecular weight is 320 g/mol. The third-order valence-corrected chi connectivity index (χ3v) is 6.23. The van der Waals surface area contributed by atoms with E-state index in [2.05, 4.69) is 60.7 Å². The number of aliphatic hydroxyl groups is 1. The van der Waals surface area contributed by atoms with Gasteiger partial charge in [-0.1, -0.05) is 73.9 Å². The predicted octanol–water partition coefficient (Wildman–Crippen LogP) is 2.67. The molecule has 0 amide bonds. The summed E-state index contributed by atoms with van der Waals surface area (Å²) in [6.45, 7) is 0. The molecule has 1 atom stereocenters. The summed E-state index contributed by atoms with van der Waals surface area (Å²) < 4.78 is 0. The molecule has 0 radical (unpaired) electrons. The molecule has 23 heavy (non-hydrogen) atoms. The van der Waals surface area contributed by atoms with Crippen molar-refractivity contribution in [2.45, 2.75) is 6.10 Å². The first-order valence-corrected chi connectivity index (χ1v) is 8.98. The van der Waals surface area contributed by atoms with Gasteiger partial charge in [-0.3, -0.25) is 0 Å². The van der Waals surface area contributed by atoms with Gasteiger partial charge in [-0.05, 0) is 29.8 Å². The lowest BCUT2D eigenvalue weighted by molar-refractivity contribution is 0.203. The van der Waals surface area contributed by atoms with Crippen LogP contribution in [0.3, 0.4) is 0 Å². The van der Waals surface area contributed by atoms with Gasteiger partial charge in [-0.2, -0.15) is 0 Å². The second-order valence-corrected chi connectivity index (χ2v) is 7.46. The van der Waals surface area contributed by atoms with Gasteiger partial charge in [0.1, 0.15) is 13.7 Å². The number of hydrogen-bond acceptors (Lipinski definition) is 1. The van der Waals surface area contributed by atoms with Crippen molar-refractivity contribution < 1.29 is 5.11 Å². The number of aliphatic hydroxyl groups excluding tert-OH is 1. The van der Waals surface area contributed by atoms with Crippen LogP contribution < -0.4 is 10.6 Å². The summed E-state index contributed by atoms with van der Waals surface area (Å²) in [6.07, 6.45) is 0.479. The molecule has 0 heterocycles. The first kappa shape index (κ1) is 16.0. The second-order valence-electron chi connectivity index (χ2n) is 5.21. The minimum Gasteiger partial charge on any atom is -0.385 e. The highest BCUT2D eigenvalue weighted by Crippen LogP contribution is 2.53. The third-order valence-electron chi connectivity index (χ3n) is 3.68. The Labute approximate surface area is 139 Å². The minimum atomic E-state index is -1.40. The summed E-state index contributed by atoms with van der Waals surface area (Å²) in [5.41, 5.74) is 1.03. The summed E-state index contributed by atoms with van der Waals surface area (Å²) in [5.74, 6) is 0. The maximum absolute atomic E-state index is 10.8. The van der Waals surface area contributed by atoms with Gasteiger partial charge in [0.05, 0.1) is 16.8 Å². The van der Waals surface area contributed by atoms with Crippen LogP contribution in [0.5, 0.6) is 0 Å². The molecule has 3 aromatic rings. The van der Waals surface area contributed by atoms with E-state index in [1.165, 1.54) is 10.6 Å². The van der Waals surface area contributed by atoms with Crippen molar-refractivity contribution in [3.63, 3.8) is 0 Å². The average Bonchev–Trinajstić information content (AvgIpc) is 2.64. The topological polar surface area (TPSA) is 20.2 Å². The molecule has 0 aliphatic carbocycles. The molecule has 0 saturated carbocycles. The van der Waals surface area contributed by atoms with Gasteiger partial charge in [0.2, 0.25) is 0 Å². The van der Waals surface area contributed by atoms with Gasteiger partial charge in [-0.15, -0.1) is 0 Å². The summed E-state index contributed by atoms with van der Waals surface area (Å²) >= 11 is 0. The molecular weight excluding hydrogens is 298 g/mol. The highest BCUT2D eigenvalue weighted by molar-refractivity contribution is 8.08. The molecule has 1 nitrogen and oxygen atoms in total. The van der Waals surface area contributed by atoms with E-state index in [1.54, 1.807) is 0 Å². The fourth-order valence-electron chi connectivity index (χ4n) is 2.53. The van der Waals surface area contributed by atoms with E-state index in [0.29, 0.717) is 0 Å². The van der Waals surface area contributed by atoms with Gasteiger partial charge in [-0.25, -0.2) is 0 Å². The van der Waals surface area contributed by atoms with Crippen LogP contribution in [-0.4, -0.2) is 18.8 Å². The monoisotopic (exact) mass is 320 g/mol. The Morgan fingerprint density at radius 1 is 0.696 bits per heavy atom. The third kappa shape index (κ3) is 3.55. The predicted molar refractivity (Wildman–Crippen MR) is 105 cm³/mol. The van der Waals surface area contributed by atoms with Crippen molar-refractivity contribution in [1.82, 2.24) is 0 Å². The van der Waals surface area contributed by atoms with Gasteiger partial charge in [0, 0.05) is 0 Å². The van der Waals surface area contributed by atoms with E-state index in [1.807, 2.05) is 30.3 Å².